The van der Waals surface area contributed by atoms with Gasteiger partial charge >= 0.3 is 0 Å². The zero-order chi connectivity index (χ0) is 24.0. The Morgan fingerprint density at radius 1 is 0.800 bits per heavy atom. The van der Waals surface area contributed by atoms with Gasteiger partial charge in [-0.25, -0.2) is 0 Å². The Hall–Kier alpha value is -4.18. The van der Waals surface area contributed by atoms with Crippen molar-refractivity contribution in [2.75, 3.05) is 0 Å². The summed E-state index contributed by atoms with van der Waals surface area (Å²) >= 11 is 0. The molecule has 0 aliphatic carbocycles. The van der Waals surface area contributed by atoms with Crippen LogP contribution in [0.4, 0.5) is 0 Å². The van der Waals surface area contributed by atoms with Crippen molar-refractivity contribution in [1.82, 2.24) is 10.2 Å². The third-order valence-corrected chi connectivity index (χ3v) is 6.46. The molecule has 0 saturated heterocycles. The number of carbonyl (C=O) groups excluding carboxylic acids is 1. The lowest BCUT2D eigenvalue weighted by molar-refractivity contribution is -0.123. The van der Waals surface area contributed by atoms with Gasteiger partial charge in [-0.15, -0.1) is 0 Å². The van der Waals surface area contributed by atoms with E-state index in [9.17, 15) is 4.79 Å². The molecule has 35 heavy (non-hydrogen) atoms. The number of nitrogens with zero attached hydrogens (tertiary/aromatic N) is 2. The molecule has 0 aromatic heterocycles. The average molecular weight is 460 g/mol. The third-order valence-electron chi connectivity index (χ3n) is 6.46. The number of amidine groups is 1. The minimum Gasteiger partial charge on any atom is -0.348 e. The molecule has 3 atom stereocenters. The van der Waals surface area contributed by atoms with E-state index in [0.717, 1.165) is 22.5 Å². The van der Waals surface area contributed by atoms with Crippen LogP contribution in [0.3, 0.4) is 0 Å². The largest absolute Gasteiger partial charge is 0.348 e. The lowest BCUT2D eigenvalue weighted by Crippen LogP contribution is -2.41. The number of nitrogens with one attached hydrogen (secondary N) is 1. The highest BCUT2D eigenvalue weighted by atomic mass is 16.2. The van der Waals surface area contributed by atoms with Gasteiger partial charge in [0.25, 0.3) is 0 Å². The lowest BCUT2D eigenvalue weighted by atomic mass is 9.97. The van der Waals surface area contributed by atoms with E-state index >= 15 is 0 Å². The normalized spacial score (nSPS) is 18.1. The Morgan fingerprint density at radius 3 is 1.97 bits per heavy atom. The highest BCUT2D eigenvalue weighted by Crippen LogP contribution is 2.36. The van der Waals surface area contributed by atoms with Crippen LogP contribution in [0.1, 0.15) is 41.3 Å². The zero-order valence-electron chi connectivity index (χ0n) is 19.8. The van der Waals surface area contributed by atoms with E-state index < -0.39 is 6.04 Å². The quantitative estimate of drug-likeness (QED) is 0.372. The molecule has 0 unspecified atom stereocenters. The maximum absolute atomic E-state index is 13.7. The predicted molar refractivity (Wildman–Crippen MR) is 141 cm³/mol. The molecule has 0 bridgehead atoms. The molecular formula is C31H29N3O. The minimum absolute atomic E-state index is 0.0702. The number of amides is 1. The molecule has 0 spiro atoms. The van der Waals surface area contributed by atoms with Crippen LogP contribution in [0, 0.1) is 0 Å². The van der Waals surface area contributed by atoms with Gasteiger partial charge in [-0.2, -0.15) is 0 Å². The molecular weight excluding hydrogens is 430 g/mol. The molecule has 4 heteroatoms. The summed E-state index contributed by atoms with van der Waals surface area (Å²) in [4.78, 5) is 21.1. The summed E-state index contributed by atoms with van der Waals surface area (Å²) in [6.07, 6.45) is 0. The van der Waals surface area contributed by atoms with Crippen molar-refractivity contribution >= 4 is 11.7 Å². The Balaban J connectivity index is 1.54. The van der Waals surface area contributed by atoms with Gasteiger partial charge in [0.15, 0.2) is 6.04 Å². The van der Waals surface area contributed by atoms with Gasteiger partial charge in [-0.05, 0) is 23.6 Å². The maximum Gasteiger partial charge on any atom is 0.247 e. The summed E-state index contributed by atoms with van der Waals surface area (Å²) in [6.45, 7) is 2.68. The molecule has 5 rings (SSSR count). The maximum atomic E-state index is 13.7. The first kappa shape index (κ1) is 22.6. The molecule has 4 aromatic rings. The SMILES string of the molecule is C[C@H](NC(=O)[C@H]1N=C(c2ccccc2)N(Cc2ccccc2)[C@H]1c1ccccc1)c1ccccc1. The van der Waals surface area contributed by atoms with Crippen LogP contribution in [0.15, 0.2) is 126 Å². The molecule has 4 nitrogen and oxygen atoms in total. The topological polar surface area (TPSA) is 44.7 Å². The van der Waals surface area contributed by atoms with E-state index in [1.807, 2.05) is 91.9 Å². The van der Waals surface area contributed by atoms with Crippen LogP contribution < -0.4 is 5.32 Å². The molecule has 1 aliphatic rings. The van der Waals surface area contributed by atoms with E-state index in [-0.39, 0.29) is 18.0 Å². The number of carbonyl (C=O) groups is 1. The number of hydrogen-bond donors (Lipinski definition) is 1. The van der Waals surface area contributed by atoms with Crippen LogP contribution in [0.25, 0.3) is 0 Å². The summed E-state index contributed by atoms with van der Waals surface area (Å²) in [7, 11) is 0. The van der Waals surface area contributed by atoms with Crippen molar-refractivity contribution in [2.24, 2.45) is 4.99 Å². The summed E-state index contributed by atoms with van der Waals surface area (Å²) in [5, 5.41) is 3.22. The first-order chi connectivity index (χ1) is 17.2. The summed E-state index contributed by atoms with van der Waals surface area (Å²) < 4.78 is 0. The molecule has 174 valence electrons. The summed E-state index contributed by atoms with van der Waals surface area (Å²) in [5.74, 6) is 0.773. The number of rotatable bonds is 7. The standard InChI is InChI=1S/C31H29N3O/c1-23(25-16-8-3-9-17-25)32-31(35)28-29(26-18-10-4-11-19-26)34(22-24-14-6-2-7-15-24)30(33-28)27-20-12-5-13-21-27/h2-21,23,28-29H,22H2,1H3,(H,32,35)/t23-,28-,29-/m0/s1. The number of aliphatic imine (C=N–C) groups is 1. The van der Waals surface area contributed by atoms with Crippen molar-refractivity contribution in [1.29, 1.82) is 0 Å². The van der Waals surface area contributed by atoms with Crippen molar-refractivity contribution in [3.05, 3.63) is 144 Å². The molecule has 1 N–H and O–H groups in total. The van der Waals surface area contributed by atoms with Crippen LogP contribution in [-0.2, 0) is 11.3 Å². The van der Waals surface area contributed by atoms with Crippen molar-refractivity contribution in [3.63, 3.8) is 0 Å². The van der Waals surface area contributed by atoms with E-state index in [2.05, 4.69) is 46.6 Å². The predicted octanol–water partition coefficient (Wildman–Crippen LogP) is 5.94. The second-order valence-electron chi connectivity index (χ2n) is 8.87. The fourth-order valence-corrected chi connectivity index (χ4v) is 4.70. The average Bonchev–Trinajstić information content (AvgIpc) is 3.30. The van der Waals surface area contributed by atoms with Crippen molar-refractivity contribution in [3.8, 4) is 0 Å². The second-order valence-corrected chi connectivity index (χ2v) is 8.87. The summed E-state index contributed by atoms with van der Waals surface area (Å²) in [5.41, 5.74) is 4.33. The Kier molecular flexibility index (Phi) is 6.71. The van der Waals surface area contributed by atoms with Gasteiger partial charge in [0.1, 0.15) is 5.84 Å². The van der Waals surface area contributed by atoms with E-state index in [4.69, 9.17) is 4.99 Å². The van der Waals surface area contributed by atoms with Gasteiger partial charge in [-0.3, -0.25) is 9.79 Å². The molecule has 0 fully saturated rings. The summed E-state index contributed by atoms with van der Waals surface area (Å²) in [6, 6.07) is 39.9. The first-order valence-corrected chi connectivity index (χ1v) is 12.0. The van der Waals surface area contributed by atoms with Gasteiger partial charge in [-0.1, -0.05) is 121 Å². The van der Waals surface area contributed by atoms with Gasteiger partial charge in [0.2, 0.25) is 5.91 Å². The molecule has 0 saturated carbocycles. The van der Waals surface area contributed by atoms with Crippen LogP contribution >= 0.6 is 0 Å². The van der Waals surface area contributed by atoms with E-state index in [0.29, 0.717) is 6.54 Å². The number of hydrogen-bond acceptors (Lipinski definition) is 3. The molecule has 1 amide bonds. The molecule has 1 heterocycles. The van der Waals surface area contributed by atoms with Gasteiger partial charge in [0, 0.05) is 12.1 Å². The fraction of sp³-hybridized carbons (Fsp3) is 0.161. The van der Waals surface area contributed by atoms with Crippen LogP contribution in [-0.4, -0.2) is 22.7 Å². The molecule has 0 radical (unpaired) electrons. The van der Waals surface area contributed by atoms with Gasteiger partial charge in [0.05, 0.1) is 12.1 Å². The first-order valence-electron chi connectivity index (χ1n) is 12.0. The van der Waals surface area contributed by atoms with E-state index in [1.54, 1.807) is 0 Å². The highest BCUT2D eigenvalue weighted by molar-refractivity contribution is 6.03. The minimum atomic E-state index is -0.567. The Bertz CT molecular complexity index is 1270. The Labute approximate surface area is 207 Å². The smallest absolute Gasteiger partial charge is 0.247 e. The molecule has 4 aromatic carbocycles. The zero-order valence-corrected chi connectivity index (χ0v) is 19.8. The van der Waals surface area contributed by atoms with Crippen LogP contribution in [0.2, 0.25) is 0 Å². The van der Waals surface area contributed by atoms with Crippen LogP contribution in [0.5, 0.6) is 0 Å². The fourth-order valence-electron chi connectivity index (χ4n) is 4.70. The lowest BCUT2D eigenvalue weighted by Gasteiger charge is -2.31. The van der Waals surface area contributed by atoms with Gasteiger partial charge < -0.3 is 10.2 Å². The third kappa shape index (κ3) is 5.02. The Morgan fingerprint density at radius 2 is 1.34 bits per heavy atom. The second kappa shape index (κ2) is 10.4. The molecule has 1 aliphatic heterocycles. The number of benzene rings is 4. The van der Waals surface area contributed by atoms with Crippen molar-refractivity contribution in [2.45, 2.75) is 31.6 Å². The highest BCUT2D eigenvalue weighted by Gasteiger charge is 2.42. The van der Waals surface area contributed by atoms with Crippen molar-refractivity contribution < 1.29 is 4.79 Å². The van der Waals surface area contributed by atoms with E-state index in [1.165, 1.54) is 5.56 Å². The monoisotopic (exact) mass is 459 g/mol.